The summed E-state index contributed by atoms with van der Waals surface area (Å²) in [4.78, 5) is 0. The molecule has 1 aliphatic carbocycles. The Kier molecular flexibility index (Phi) is 7.32. The maximum atomic E-state index is 6.43. The summed E-state index contributed by atoms with van der Waals surface area (Å²) in [7, 11) is 5.09. The smallest absolute Gasteiger partial charge is 0.213 e. The van der Waals surface area contributed by atoms with E-state index in [4.69, 9.17) is 18.9 Å². The monoisotopic (exact) mass is 513 g/mol. The fraction of sp³-hybridized carbons (Fsp3) is 0.444. The standard InChI is InChI=1S/C27H32NO4.BrH/c1-29-24-10-9-19-13-23-21-15-26(31-3)25(30-2)14-20(21)11-12-28(23)16-22(19)27(24)32-17-18-7-5-4-6-8-18;/h9-10,13-16,18H,4-8,11-12,17H2,1-3H3;1H/q+1;/p-1. The van der Waals surface area contributed by atoms with Crippen LogP contribution in [0.15, 0.2) is 36.5 Å². The topological polar surface area (TPSA) is 40.8 Å². The van der Waals surface area contributed by atoms with Crippen LogP contribution < -0.4 is 40.5 Å². The lowest BCUT2D eigenvalue weighted by molar-refractivity contribution is -0.686. The molecule has 1 aliphatic heterocycles. The van der Waals surface area contributed by atoms with Gasteiger partial charge in [-0.1, -0.05) is 19.3 Å². The van der Waals surface area contributed by atoms with E-state index in [0.717, 1.165) is 53.3 Å². The zero-order valence-corrected chi connectivity index (χ0v) is 21.2. The van der Waals surface area contributed by atoms with E-state index in [0.29, 0.717) is 5.92 Å². The van der Waals surface area contributed by atoms with Crippen molar-refractivity contribution in [2.45, 2.75) is 45.1 Å². The van der Waals surface area contributed by atoms with Crippen LogP contribution in [0.25, 0.3) is 22.0 Å². The zero-order chi connectivity index (χ0) is 22.1. The molecule has 2 aliphatic rings. The molecule has 3 aromatic rings. The maximum absolute atomic E-state index is 6.43. The van der Waals surface area contributed by atoms with Crippen molar-refractivity contribution in [1.82, 2.24) is 0 Å². The van der Waals surface area contributed by atoms with Crippen molar-refractivity contribution < 1.29 is 40.5 Å². The number of hydrogen-bond donors (Lipinski definition) is 0. The Morgan fingerprint density at radius 1 is 0.879 bits per heavy atom. The van der Waals surface area contributed by atoms with Crippen molar-refractivity contribution in [2.24, 2.45) is 5.92 Å². The number of fused-ring (bicyclic) bond motifs is 4. The number of hydrogen-bond acceptors (Lipinski definition) is 4. The predicted octanol–water partition coefficient (Wildman–Crippen LogP) is 2.34. The molecule has 5 nitrogen and oxygen atoms in total. The molecule has 0 amide bonds. The van der Waals surface area contributed by atoms with E-state index in [1.165, 1.54) is 48.9 Å². The lowest BCUT2D eigenvalue weighted by atomic mass is 9.90. The minimum atomic E-state index is 0. The molecule has 5 rings (SSSR count). The van der Waals surface area contributed by atoms with Gasteiger partial charge in [0.1, 0.15) is 0 Å². The summed E-state index contributed by atoms with van der Waals surface area (Å²) in [6.07, 6.45) is 9.69. The highest BCUT2D eigenvalue weighted by Crippen LogP contribution is 2.40. The Balaban J connectivity index is 0.00000259. The Morgan fingerprint density at radius 2 is 1.61 bits per heavy atom. The van der Waals surface area contributed by atoms with Crippen molar-refractivity contribution in [3.63, 3.8) is 0 Å². The molecular formula is C27H32BrNO4. The molecule has 2 aromatic carbocycles. The third-order valence-electron chi connectivity index (χ3n) is 7.00. The van der Waals surface area contributed by atoms with Crippen molar-refractivity contribution in [3.8, 4) is 34.3 Å². The minimum absolute atomic E-state index is 0. The molecule has 0 unspecified atom stereocenters. The number of halogens is 1. The third-order valence-corrected chi connectivity index (χ3v) is 7.00. The Bertz CT molecular complexity index is 1140. The predicted molar refractivity (Wildman–Crippen MR) is 125 cm³/mol. The van der Waals surface area contributed by atoms with Gasteiger partial charge in [-0.05, 0) is 54.0 Å². The van der Waals surface area contributed by atoms with Gasteiger partial charge in [0.2, 0.25) is 5.69 Å². The van der Waals surface area contributed by atoms with Gasteiger partial charge in [0.25, 0.3) is 0 Å². The molecule has 1 aromatic heterocycles. The van der Waals surface area contributed by atoms with Crippen LogP contribution in [0.1, 0.15) is 37.7 Å². The number of nitrogens with zero attached hydrogens (tertiary/aromatic N) is 1. The van der Waals surface area contributed by atoms with Crippen molar-refractivity contribution >= 4 is 10.8 Å². The van der Waals surface area contributed by atoms with E-state index in [1.807, 2.05) is 6.07 Å². The van der Waals surface area contributed by atoms with E-state index >= 15 is 0 Å². The number of aromatic nitrogens is 1. The SMILES string of the molecule is COc1cc2c(cc1OC)-c1cc3ccc(OC)c(OCC4CCCCC4)c3c[n+]1CC2.[Br-]. The summed E-state index contributed by atoms with van der Waals surface area (Å²) in [5, 5.41) is 2.26. The van der Waals surface area contributed by atoms with Gasteiger partial charge >= 0.3 is 0 Å². The molecule has 0 atom stereocenters. The van der Waals surface area contributed by atoms with Gasteiger partial charge in [-0.3, -0.25) is 0 Å². The van der Waals surface area contributed by atoms with Crippen LogP contribution in [0.2, 0.25) is 0 Å². The molecule has 0 spiro atoms. The van der Waals surface area contributed by atoms with Crippen LogP contribution in [0, 0.1) is 5.92 Å². The number of methoxy groups -OCH3 is 3. The van der Waals surface area contributed by atoms with Gasteiger partial charge < -0.3 is 35.9 Å². The highest BCUT2D eigenvalue weighted by molar-refractivity contribution is 5.91. The summed E-state index contributed by atoms with van der Waals surface area (Å²) in [5.74, 6) is 3.85. The maximum Gasteiger partial charge on any atom is 0.213 e. The highest BCUT2D eigenvalue weighted by Gasteiger charge is 2.27. The molecular weight excluding hydrogens is 482 g/mol. The first-order chi connectivity index (χ1) is 15.7. The van der Waals surface area contributed by atoms with Gasteiger partial charge in [0.15, 0.2) is 35.7 Å². The molecule has 0 N–H and O–H groups in total. The van der Waals surface area contributed by atoms with Crippen molar-refractivity contribution in [2.75, 3.05) is 27.9 Å². The molecule has 0 radical (unpaired) electrons. The first-order valence-corrected chi connectivity index (χ1v) is 11.6. The second-order valence-corrected chi connectivity index (χ2v) is 8.88. The second kappa shape index (κ2) is 10.2. The first-order valence-electron chi connectivity index (χ1n) is 11.6. The summed E-state index contributed by atoms with van der Waals surface area (Å²) in [5.41, 5.74) is 3.66. The van der Waals surface area contributed by atoms with Crippen molar-refractivity contribution in [3.05, 3.63) is 42.1 Å². The van der Waals surface area contributed by atoms with Gasteiger partial charge in [0, 0.05) is 12.5 Å². The van der Waals surface area contributed by atoms with E-state index < -0.39 is 0 Å². The lowest BCUT2D eigenvalue weighted by Gasteiger charge is -2.23. The van der Waals surface area contributed by atoms with E-state index in [-0.39, 0.29) is 17.0 Å². The van der Waals surface area contributed by atoms with Gasteiger partial charge in [-0.15, -0.1) is 0 Å². The lowest BCUT2D eigenvalue weighted by Crippen LogP contribution is -3.00. The molecule has 176 valence electrons. The summed E-state index contributed by atoms with van der Waals surface area (Å²) >= 11 is 0. The zero-order valence-electron chi connectivity index (χ0n) is 19.7. The average molecular weight is 514 g/mol. The molecule has 2 heterocycles. The van der Waals surface area contributed by atoms with Gasteiger partial charge in [0.05, 0.1) is 38.9 Å². The molecule has 6 heteroatoms. The van der Waals surface area contributed by atoms with Crippen LogP contribution in [-0.2, 0) is 13.0 Å². The number of rotatable bonds is 6. The van der Waals surface area contributed by atoms with E-state index in [9.17, 15) is 0 Å². The number of aryl methyl sites for hydroxylation is 2. The normalized spacial score (nSPS) is 15.2. The average Bonchev–Trinajstić information content (AvgIpc) is 2.85. The largest absolute Gasteiger partial charge is 1.00 e. The summed E-state index contributed by atoms with van der Waals surface area (Å²) < 4.78 is 25.5. The Hall–Kier alpha value is -2.47. The number of ether oxygens (including phenoxy) is 4. The molecule has 33 heavy (non-hydrogen) atoms. The summed E-state index contributed by atoms with van der Waals surface area (Å²) in [6.45, 7) is 1.67. The van der Waals surface area contributed by atoms with E-state index in [1.54, 1.807) is 21.3 Å². The molecule has 1 saturated carbocycles. The second-order valence-electron chi connectivity index (χ2n) is 8.88. The van der Waals surface area contributed by atoms with Gasteiger partial charge in [-0.25, -0.2) is 0 Å². The van der Waals surface area contributed by atoms with E-state index in [2.05, 4.69) is 35.0 Å². The fourth-order valence-electron chi connectivity index (χ4n) is 5.20. The van der Waals surface area contributed by atoms with Crippen LogP contribution >= 0.6 is 0 Å². The van der Waals surface area contributed by atoms with Crippen molar-refractivity contribution in [1.29, 1.82) is 0 Å². The minimum Gasteiger partial charge on any atom is -1.00 e. The summed E-state index contributed by atoms with van der Waals surface area (Å²) in [6, 6.07) is 10.6. The Morgan fingerprint density at radius 3 is 2.33 bits per heavy atom. The first kappa shape index (κ1) is 23.7. The highest BCUT2D eigenvalue weighted by atomic mass is 79.9. The molecule has 1 fully saturated rings. The third kappa shape index (κ3) is 4.50. The van der Waals surface area contributed by atoms with Crippen LogP contribution in [0.4, 0.5) is 0 Å². The van der Waals surface area contributed by atoms with Crippen LogP contribution in [-0.4, -0.2) is 27.9 Å². The fourth-order valence-corrected chi connectivity index (χ4v) is 5.20. The quantitative estimate of drug-likeness (QED) is 0.474. The van der Waals surface area contributed by atoms with Crippen LogP contribution in [0.5, 0.6) is 23.0 Å². The Labute approximate surface area is 206 Å². The molecule has 0 saturated heterocycles. The van der Waals surface area contributed by atoms with Gasteiger partial charge in [-0.2, -0.15) is 4.57 Å². The number of pyridine rings is 1. The number of benzene rings is 2. The van der Waals surface area contributed by atoms with Crippen LogP contribution in [0.3, 0.4) is 0 Å². The molecule has 0 bridgehead atoms.